The first-order chi connectivity index (χ1) is 5.05. The van der Waals surface area contributed by atoms with E-state index in [9.17, 15) is 8.42 Å². The van der Waals surface area contributed by atoms with Gasteiger partial charge in [0, 0.05) is 5.92 Å². The third kappa shape index (κ3) is 1.83. The molecule has 1 heterocycles. The van der Waals surface area contributed by atoms with Gasteiger partial charge < -0.3 is 11.6 Å². The molecule has 1 fully saturated rings. The highest BCUT2D eigenvalue weighted by Gasteiger charge is 2.30. The van der Waals surface area contributed by atoms with Crippen molar-refractivity contribution in [1.29, 1.82) is 0 Å². The lowest BCUT2D eigenvalue weighted by atomic mass is 10.1. The first kappa shape index (κ1) is 8.32. The van der Waals surface area contributed by atoms with E-state index < -0.39 is 9.84 Å². The molecule has 0 aromatic carbocycles. The van der Waals surface area contributed by atoms with Gasteiger partial charge in [0.2, 0.25) is 0 Å². The summed E-state index contributed by atoms with van der Waals surface area (Å²) in [6.07, 6.45) is 0.550. The molecule has 0 spiro atoms. The van der Waals surface area contributed by atoms with Crippen LogP contribution in [-0.4, -0.2) is 25.8 Å². The molecule has 0 aliphatic carbocycles. The molecule has 1 aliphatic heterocycles. The second-order valence-electron chi connectivity index (χ2n) is 2.65. The minimum absolute atomic E-state index is 0.0968. The van der Waals surface area contributed by atoms with Gasteiger partial charge in [-0.15, -0.1) is 0 Å². The summed E-state index contributed by atoms with van der Waals surface area (Å²) >= 11 is 0. The van der Waals surface area contributed by atoms with Crippen LogP contribution in [0, 0.1) is 5.92 Å². The van der Waals surface area contributed by atoms with Crippen LogP contribution in [0.5, 0.6) is 0 Å². The molecule has 0 aromatic heterocycles. The summed E-state index contributed by atoms with van der Waals surface area (Å²) in [5, 5.41) is 3.27. The predicted octanol–water partition coefficient (Wildman–Crippen LogP) is -1.35. The van der Waals surface area contributed by atoms with Crippen molar-refractivity contribution in [1.82, 2.24) is 0 Å². The molecule has 1 aliphatic rings. The van der Waals surface area contributed by atoms with Gasteiger partial charge in [-0.05, 0) is 6.42 Å². The topological polar surface area (TPSA) is 98.5 Å². The monoisotopic (exact) mass is 177 g/mol. The van der Waals surface area contributed by atoms with Gasteiger partial charge in [0.1, 0.15) is 5.84 Å². The number of nitrogens with zero attached hydrogens (tertiary/aromatic N) is 1. The Morgan fingerprint density at radius 2 is 2.18 bits per heavy atom. The number of hydrazone groups is 1. The maximum atomic E-state index is 10.9. The van der Waals surface area contributed by atoms with Crippen LogP contribution in [0.25, 0.3) is 0 Å². The first-order valence-electron chi connectivity index (χ1n) is 3.29. The Kier molecular flexibility index (Phi) is 2.03. The summed E-state index contributed by atoms with van der Waals surface area (Å²) in [5.74, 6) is 5.29. The van der Waals surface area contributed by atoms with Crippen molar-refractivity contribution in [3.8, 4) is 0 Å². The SMILES string of the molecule is NN=C(N)C1CCS(=O)(=O)C1. The highest BCUT2D eigenvalue weighted by atomic mass is 32.2. The summed E-state index contributed by atoms with van der Waals surface area (Å²) in [6, 6.07) is 0. The van der Waals surface area contributed by atoms with E-state index in [1.807, 2.05) is 0 Å². The molecule has 4 N–H and O–H groups in total. The van der Waals surface area contributed by atoms with E-state index in [0.717, 1.165) is 0 Å². The van der Waals surface area contributed by atoms with Crippen molar-refractivity contribution in [2.24, 2.45) is 22.6 Å². The molecule has 0 radical (unpaired) electrons. The molecular formula is C5H11N3O2S. The zero-order chi connectivity index (χ0) is 8.48. The molecule has 0 saturated carbocycles. The molecular weight excluding hydrogens is 166 g/mol. The molecule has 0 aromatic rings. The molecule has 5 nitrogen and oxygen atoms in total. The van der Waals surface area contributed by atoms with Crippen LogP contribution >= 0.6 is 0 Å². The minimum Gasteiger partial charge on any atom is -0.385 e. The van der Waals surface area contributed by atoms with Crippen LogP contribution < -0.4 is 11.6 Å². The van der Waals surface area contributed by atoms with Gasteiger partial charge in [-0.2, -0.15) is 5.10 Å². The maximum Gasteiger partial charge on any atom is 0.151 e. The fourth-order valence-corrected chi connectivity index (χ4v) is 2.89. The van der Waals surface area contributed by atoms with Crippen LogP contribution in [0.15, 0.2) is 5.10 Å². The van der Waals surface area contributed by atoms with Crippen LogP contribution in [0.3, 0.4) is 0 Å². The quantitative estimate of drug-likeness (QED) is 0.224. The molecule has 64 valence electrons. The van der Waals surface area contributed by atoms with Gasteiger partial charge >= 0.3 is 0 Å². The normalized spacial score (nSPS) is 30.5. The Balaban J connectivity index is 2.70. The zero-order valence-electron chi connectivity index (χ0n) is 6.03. The Labute approximate surface area is 65.4 Å². The number of rotatable bonds is 1. The Morgan fingerprint density at radius 3 is 2.55 bits per heavy atom. The van der Waals surface area contributed by atoms with E-state index in [1.54, 1.807) is 0 Å². The van der Waals surface area contributed by atoms with Gasteiger partial charge in [-0.25, -0.2) is 8.42 Å². The van der Waals surface area contributed by atoms with Gasteiger partial charge in [0.25, 0.3) is 0 Å². The summed E-state index contributed by atoms with van der Waals surface area (Å²) in [6.45, 7) is 0. The number of nitrogens with two attached hydrogens (primary N) is 2. The standard InChI is InChI=1S/C5H11N3O2S/c6-5(8-7)4-1-2-11(9,10)3-4/h4H,1-3,7H2,(H2,6,8). The molecule has 11 heavy (non-hydrogen) atoms. The number of hydrogen-bond donors (Lipinski definition) is 2. The third-order valence-corrected chi connectivity index (χ3v) is 3.57. The summed E-state index contributed by atoms with van der Waals surface area (Å²) in [7, 11) is -2.87. The Bertz CT molecular complexity index is 269. The number of hydrogen-bond acceptors (Lipinski definition) is 4. The molecule has 6 heteroatoms. The number of sulfone groups is 1. The number of amidine groups is 1. The largest absolute Gasteiger partial charge is 0.385 e. The highest BCUT2D eigenvalue weighted by Crippen LogP contribution is 2.17. The summed E-state index contributed by atoms with van der Waals surface area (Å²) in [4.78, 5) is 0. The van der Waals surface area contributed by atoms with Crippen molar-refractivity contribution in [3.63, 3.8) is 0 Å². The minimum atomic E-state index is -2.87. The van der Waals surface area contributed by atoms with E-state index >= 15 is 0 Å². The van der Waals surface area contributed by atoms with E-state index in [2.05, 4.69) is 5.10 Å². The van der Waals surface area contributed by atoms with Gasteiger partial charge in [0.05, 0.1) is 11.5 Å². The first-order valence-corrected chi connectivity index (χ1v) is 5.11. The average molecular weight is 177 g/mol. The third-order valence-electron chi connectivity index (χ3n) is 1.80. The smallest absolute Gasteiger partial charge is 0.151 e. The molecule has 1 rings (SSSR count). The van der Waals surface area contributed by atoms with Crippen LogP contribution in [0.2, 0.25) is 0 Å². The van der Waals surface area contributed by atoms with Crippen molar-refractivity contribution >= 4 is 15.7 Å². The Morgan fingerprint density at radius 1 is 1.55 bits per heavy atom. The Hall–Kier alpha value is -0.780. The average Bonchev–Trinajstić information content (AvgIpc) is 2.29. The van der Waals surface area contributed by atoms with Crippen LogP contribution in [0.1, 0.15) is 6.42 Å². The maximum absolute atomic E-state index is 10.9. The summed E-state index contributed by atoms with van der Waals surface area (Å²) < 4.78 is 21.8. The lowest BCUT2D eigenvalue weighted by Crippen LogP contribution is -2.25. The van der Waals surface area contributed by atoms with Crippen LogP contribution in [-0.2, 0) is 9.84 Å². The van der Waals surface area contributed by atoms with Crippen molar-refractivity contribution in [3.05, 3.63) is 0 Å². The van der Waals surface area contributed by atoms with Crippen molar-refractivity contribution in [2.75, 3.05) is 11.5 Å². The van der Waals surface area contributed by atoms with E-state index in [1.165, 1.54) is 0 Å². The molecule has 0 amide bonds. The lowest BCUT2D eigenvalue weighted by molar-refractivity contribution is 0.601. The fourth-order valence-electron chi connectivity index (χ4n) is 1.13. The predicted molar refractivity (Wildman–Crippen MR) is 42.6 cm³/mol. The van der Waals surface area contributed by atoms with E-state index in [-0.39, 0.29) is 23.3 Å². The second-order valence-corrected chi connectivity index (χ2v) is 4.88. The fraction of sp³-hybridized carbons (Fsp3) is 0.800. The van der Waals surface area contributed by atoms with Gasteiger partial charge in [0.15, 0.2) is 9.84 Å². The zero-order valence-corrected chi connectivity index (χ0v) is 6.84. The van der Waals surface area contributed by atoms with Crippen molar-refractivity contribution in [2.45, 2.75) is 6.42 Å². The van der Waals surface area contributed by atoms with Gasteiger partial charge in [-0.1, -0.05) is 0 Å². The molecule has 1 unspecified atom stereocenters. The van der Waals surface area contributed by atoms with Crippen LogP contribution in [0.4, 0.5) is 0 Å². The molecule has 1 atom stereocenters. The molecule has 1 saturated heterocycles. The second kappa shape index (κ2) is 2.69. The highest BCUT2D eigenvalue weighted by molar-refractivity contribution is 7.91. The lowest BCUT2D eigenvalue weighted by Gasteiger charge is -2.03. The van der Waals surface area contributed by atoms with Gasteiger partial charge in [-0.3, -0.25) is 0 Å². The van der Waals surface area contributed by atoms with Crippen molar-refractivity contribution < 1.29 is 8.42 Å². The summed E-state index contributed by atoms with van der Waals surface area (Å²) in [5.41, 5.74) is 5.36. The molecule has 0 bridgehead atoms. The van der Waals surface area contributed by atoms with E-state index in [4.69, 9.17) is 11.6 Å². The van der Waals surface area contributed by atoms with E-state index in [0.29, 0.717) is 6.42 Å².